The summed E-state index contributed by atoms with van der Waals surface area (Å²) in [4.78, 5) is 0.289. The fourth-order valence-electron chi connectivity index (χ4n) is 1.71. The SMILES string of the molecule is CCNCc1cc(S(=O)(=O)NCCOC(C)C)cn1C. The molecule has 0 unspecified atom stereocenters. The number of nitrogens with one attached hydrogen (secondary N) is 2. The minimum atomic E-state index is -3.46. The lowest BCUT2D eigenvalue weighted by Gasteiger charge is -2.08. The Morgan fingerprint density at radius 3 is 2.70 bits per heavy atom. The highest BCUT2D eigenvalue weighted by Crippen LogP contribution is 2.13. The molecule has 0 saturated carbocycles. The predicted octanol–water partition coefficient (Wildman–Crippen LogP) is 0.838. The van der Waals surface area contributed by atoms with Gasteiger partial charge in [0.15, 0.2) is 0 Å². The number of rotatable bonds is 9. The van der Waals surface area contributed by atoms with Crippen LogP contribution >= 0.6 is 0 Å². The van der Waals surface area contributed by atoms with Gasteiger partial charge in [-0.05, 0) is 26.5 Å². The van der Waals surface area contributed by atoms with Crippen molar-refractivity contribution in [2.75, 3.05) is 19.7 Å². The van der Waals surface area contributed by atoms with Gasteiger partial charge in [-0.2, -0.15) is 0 Å². The standard InChI is InChI=1S/C13H25N3O3S/c1-5-14-9-12-8-13(10-16(12)4)20(17,18)15-6-7-19-11(2)3/h8,10-11,14-15H,5-7,9H2,1-4H3. The molecule has 1 aromatic heterocycles. The monoisotopic (exact) mass is 303 g/mol. The number of nitrogens with zero attached hydrogens (tertiary/aromatic N) is 1. The maximum absolute atomic E-state index is 12.1. The molecule has 0 spiro atoms. The van der Waals surface area contributed by atoms with Crippen LogP contribution in [0.3, 0.4) is 0 Å². The molecule has 20 heavy (non-hydrogen) atoms. The van der Waals surface area contributed by atoms with E-state index in [0.717, 1.165) is 12.2 Å². The summed E-state index contributed by atoms with van der Waals surface area (Å²) in [6.07, 6.45) is 1.72. The lowest BCUT2D eigenvalue weighted by Crippen LogP contribution is -2.28. The summed E-state index contributed by atoms with van der Waals surface area (Å²) < 4.78 is 33.9. The average Bonchev–Trinajstić information content (AvgIpc) is 2.74. The molecular weight excluding hydrogens is 278 g/mol. The normalized spacial score (nSPS) is 12.2. The zero-order valence-electron chi connectivity index (χ0n) is 12.6. The van der Waals surface area contributed by atoms with Crippen LogP contribution in [0.5, 0.6) is 0 Å². The van der Waals surface area contributed by atoms with E-state index in [-0.39, 0.29) is 17.5 Å². The molecule has 0 bridgehead atoms. The van der Waals surface area contributed by atoms with Gasteiger partial charge in [-0.15, -0.1) is 0 Å². The van der Waals surface area contributed by atoms with E-state index in [1.165, 1.54) is 0 Å². The van der Waals surface area contributed by atoms with Crippen LogP contribution < -0.4 is 10.0 Å². The quantitative estimate of drug-likeness (QED) is 0.663. The lowest BCUT2D eigenvalue weighted by molar-refractivity contribution is 0.0834. The van der Waals surface area contributed by atoms with Crippen LogP contribution in [0.1, 0.15) is 26.5 Å². The molecule has 0 saturated heterocycles. The molecule has 0 amide bonds. The lowest BCUT2D eigenvalue weighted by atomic mass is 10.4. The molecular formula is C13H25N3O3S. The number of hydrogen-bond donors (Lipinski definition) is 2. The van der Waals surface area contributed by atoms with E-state index in [2.05, 4.69) is 10.0 Å². The Kier molecular flexibility index (Phi) is 6.67. The van der Waals surface area contributed by atoms with Crippen LogP contribution in [0.25, 0.3) is 0 Å². The second-order valence-corrected chi connectivity index (χ2v) is 6.64. The van der Waals surface area contributed by atoms with Crippen LogP contribution in [0.4, 0.5) is 0 Å². The highest BCUT2D eigenvalue weighted by Gasteiger charge is 2.16. The first-order valence-electron chi connectivity index (χ1n) is 6.84. The fraction of sp³-hybridized carbons (Fsp3) is 0.692. The van der Waals surface area contributed by atoms with E-state index in [0.29, 0.717) is 13.2 Å². The van der Waals surface area contributed by atoms with Crippen molar-refractivity contribution < 1.29 is 13.2 Å². The summed E-state index contributed by atoms with van der Waals surface area (Å²) in [6.45, 7) is 7.98. The van der Waals surface area contributed by atoms with Gasteiger partial charge >= 0.3 is 0 Å². The second kappa shape index (κ2) is 7.78. The minimum Gasteiger partial charge on any atom is -0.377 e. The fourth-order valence-corrected chi connectivity index (χ4v) is 2.81. The maximum atomic E-state index is 12.1. The van der Waals surface area contributed by atoms with Crippen molar-refractivity contribution in [1.29, 1.82) is 0 Å². The van der Waals surface area contributed by atoms with Gasteiger partial charge < -0.3 is 14.6 Å². The third-order valence-corrected chi connectivity index (χ3v) is 4.22. The van der Waals surface area contributed by atoms with Crippen molar-refractivity contribution in [3.63, 3.8) is 0 Å². The third-order valence-electron chi connectivity index (χ3n) is 2.79. The number of sulfonamides is 1. The van der Waals surface area contributed by atoms with Gasteiger partial charge in [0.2, 0.25) is 10.0 Å². The molecule has 0 atom stereocenters. The minimum absolute atomic E-state index is 0.1000. The molecule has 0 radical (unpaired) electrons. The molecule has 0 aromatic carbocycles. The summed E-state index contributed by atoms with van der Waals surface area (Å²) in [6, 6.07) is 1.69. The molecule has 116 valence electrons. The summed E-state index contributed by atoms with van der Waals surface area (Å²) in [5.41, 5.74) is 0.936. The Morgan fingerprint density at radius 1 is 1.40 bits per heavy atom. The Bertz CT molecular complexity index is 509. The predicted molar refractivity (Wildman–Crippen MR) is 79.1 cm³/mol. The van der Waals surface area contributed by atoms with Crippen molar-refractivity contribution in [2.24, 2.45) is 7.05 Å². The van der Waals surface area contributed by atoms with Gasteiger partial charge in [-0.3, -0.25) is 0 Å². The van der Waals surface area contributed by atoms with Crippen molar-refractivity contribution in [3.8, 4) is 0 Å². The molecule has 1 heterocycles. The molecule has 0 aliphatic heterocycles. The number of hydrogen-bond acceptors (Lipinski definition) is 4. The van der Waals surface area contributed by atoms with Crippen molar-refractivity contribution >= 4 is 10.0 Å². The first-order valence-corrected chi connectivity index (χ1v) is 8.32. The van der Waals surface area contributed by atoms with Crippen molar-refractivity contribution in [3.05, 3.63) is 18.0 Å². The highest BCUT2D eigenvalue weighted by molar-refractivity contribution is 7.89. The van der Waals surface area contributed by atoms with Gasteiger partial charge in [0.05, 0.1) is 17.6 Å². The molecule has 2 N–H and O–H groups in total. The third kappa shape index (κ3) is 5.24. The molecule has 1 rings (SSSR count). The van der Waals surface area contributed by atoms with E-state index >= 15 is 0 Å². The average molecular weight is 303 g/mol. The summed E-state index contributed by atoms with van der Waals surface area (Å²) in [5.74, 6) is 0. The van der Waals surface area contributed by atoms with Crippen LogP contribution in [0, 0.1) is 0 Å². The number of ether oxygens (including phenoxy) is 1. The zero-order valence-corrected chi connectivity index (χ0v) is 13.5. The van der Waals surface area contributed by atoms with Gasteiger partial charge in [-0.1, -0.05) is 6.92 Å². The van der Waals surface area contributed by atoms with E-state index < -0.39 is 10.0 Å². The van der Waals surface area contributed by atoms with Gasteiger partial charge in [-0.25, -0.2) is 13.1 Å². The van der Waals surface area contributed by atoms with Crippen LogP contribution in [-0.2, 0) is 28.4 Å². The second-order valence-electron chi connectivity index (χ2n) is 4.88. The molecule has 6 nitrogen and oxygen atoms in total. The molecule has 1 aromatic rings. The van der Waals surface area contributed by atoms with Gasteiger partial charge in [0.25, 0.3) is 0 Å². The van der Waals surface area contributed by atoms with Crippen molar-refractivity contribution in [2.45, 2.75) is 38.3 Å². The summed E-state index contributed by atoms with van der Waals surface area (Å²) >= 11 is 0. The van der Waals surface area contributed by atoms with E-state index in [9.17, 15) is 8.42 Å². The summed E-state index contributed by atoms with van der Waals surface area (Å²) in [7, 11) is -1.62. The molecule has 7 heteroatoms. The first kappa shape index (κ1) is 17.2. The summed E-state index contributed by atoms with van der Waals surface area (Å²) in [5, 5.41) is 3.18. The van der Waals surface area contributed by atoms with Gasteiger partial charge in [0.1, 0.15) is 0 Å². The van der Waals surface area contributed by atoms with Crippen molar-refractivity contribution in [1.82, 2.24) is 14.6 Å². The van der Waals surface area contributed by atoms with E-state index in [4.69, 9.17) is 4.74 Å². The largest absolute Gasteiger partial charge is 0.377 e. The van der Waals surface area contributed by atoms with Crippen LogP contribution in [-0.4, -0.2) is 38.8 Å². The maximum Gasteiger partial charge on any atom is 0.242 e. The smallest absolute Gasteiger partial charge is 0.242 e. The Morgan fingerprint density at radius 2 is 2.10 bits per heavy atom. The topological polar surface area (TPSA) is 72.4 Å². The highest BCUT2D eigenvalue weighted by atomic mass is 32.2. The Labute approximate surface area is 121 Å². The zero-order chi connectivity index (χ0) is 15.2. The first-order chi connectivity index (χ1) is 9.36. The Hall–Kier alpha value is -0.890. The molecule has 0 aliphatic rings. The molecule has 0 aliphatic carbocycles. The number of aryl methyl sites for hydroxylation is 1. The number of aromatic nitrogens is 1. The van der Waals surface area contributed by atoms with Crippen LogP contribution in [0.15, 0.2) is 17.2 Å². The van der Waals surface area contributed by atoms with Gasteiger partial charge in [0, 0.05) is 32.0 Å². The molecule has 0 fully saturated rings. The van der Waals surface area contributed by atoms with Crippen LogP contribution in [0.2, 0.25) is 0 Å². The van der Waals surface area contributed by atoms with E-state index in [1.54, 1.807) is 12.3 Å². The Balaban J connectivity index is 2.63. The van der Waals surface area contributed by atoms with E-state index in [1.807, 2.05) is 32.4 Å².